The first-order chi connectivity index (χ1) is 13.4. The maximum atomic E-state index is 12.3. The maximum absolute atomic E-state index is 12.3. The van der Waals surface area contributed by atoms with Gasteiger partial charge in [0.15, 0.2) is 5.17 Å². The highest BCUT2D eigenvalue weighted by molar-refractivity contribution is 8.18. The molecule has 0 bridgehead atoms. The molecule has 2 aromatic carbocycles. The number of nitrogens with zero attached hydrogens (tertiary/aromatic N) is 2. The Morgan fingerprint density at radius 1 is 1.25 bits per heavy atom. The number of rotatable bonds is 3. The summed E-state index contributed by atoms with van der Waals surface area (Å²) in [5, 5.41) is 22.7. The summed E-state index contributed by atoms with van der Waals surface area (Å²) in [6.07, 6.45) is 3.77. The molecule has 8 heteroatoms. The number of fused-ring (bicyclic) bond motifs is 1. The number of carboxylic acid groups (broad SMARTS) is 1. The number of carbonyl (C=O) groups excluding carboxylic acids is 1. The lowest BCUT2D eigenvalue weighted by atomic mass is 10.1. The van der Waals surface area contributed by atoms with Crippen LogP contribution in [-0.2, 0) is 11.8 Å². The lowest BCUT2D eigenvalue weighted by Gasteiger charge is -2.01. The van der Waals surface area contributed by atoms with Crippen LogP contribution in [0.5, 0.6) is 5.75 Å². The number of aromatic hydroxyl groups is 1. The van der Waals surface area contributed by atoms with Crippen molar-refractivity contribution in [3.8, 4) is 5.75 Å². The predicted molar refractivity (Wildman–Crippen MR) is 109 cm³/mol. The van der Waals surface area contributed by atoms with Crippen LogP contribution in [0.25, 0.3) is 17.0 Å². The molecule has 3 aromatic rings. The monoisotopic (exact) mass is 393 g/mol. The highest BCUT2D eigenvalue weighted by Crippen LogP contribution is 2.31. The second-order valence-electron chi connectivity index (χ2n) is 6.20. The minimum Gasteiger partial charge on any atom is -0.507 e. The first-order valence-corrected chi connectivity index (χ1v) is 9.14. The molecule has 0 unspecified atom stereocenters. The Bertz CT molecular complexity index is 1190. The van der Waals surface area contributed by atoms with Crippen LogP contribution in [-0.4, -0.2) is 31.8 Å². The van der Waals surface area contributed by atoms with Crippen molar-refractivity contribution in [3.05, 3.63) is 64.7 Å². The van der Waals surface area contributed by atoms with Crippen LogP contribution in [0.2, 0.25) is 0 Å². The van der Waals surface area contributed by atoms with Crippen molar-refractivity contribution in [2.24, 2.45) is 12.0 Å². The van der Waals surface area contributed by atoms with Crippen molar-refractivity contribution in [2.75, 3.05) is 0 Å². The summed E-state index contributed by atoms with van der Waals surface area (Å²) in [5.41, 5.74) is 2.07. The fourth-order valence-electron chi connectivity index (χ4n) is 2.99. The molecule has 2 heterocycles. The van der Waals surface area contributed by atoms with E-state index in [2.05, 4.69) is 10.3 Å². The van der Waals surface area contributed by atoms with Gasteiger partial charge >= 0.3 is 5.97 Å². The van der Waals surface area contributed by atoms with Gasteiger partial charge in [0, 0.05) is 29.7 Å². The largest absolute Gasteiger partial charge is 0.507 e. The van der Waals surface area contributed by atoms with Gasteiger partial charge in [-0.2, -0.15) is 0 Å². The molecule has 3 N–H and O–H groups in total. The fraction of sp³-hybridized carbons (Fsp3) is 0.0500. The van der Waals surface area contributed by atoms with Crippen LogP contribution in [0.1, 0.15) is 15.9 Å². The number of para-hydroxylation sites is 1. The second-order valence-corrected chi connectivity index (χ2v) is 7.23. The van der Waals surface area contributed by atoms with E-state index >= 15 is 0 Å². The quantitative estimate of drug-likeness (QED) is 0.591. The molecule has 1 aliphatic rings. The van der Waals surface area contributed by atoms with Crippen molar-refractivity contribution in [1.82, 2.24) is 9.88 Å². The number of phenols is 1. The number of hydrogen-bond acceptors (Lipinski definition) is 5. The predicted octanol–water partition coefficient (Wildman–Crippen LogP) is 3.47. The molecule has 28 heavy (non-hydrogen) atoms. The molecular formula is C20H15N3O4S. The van der Waals surface area contributed by atoms with Crippen LogP contribution >= 0.6 is 11.8 Å². The van der Waals surface area contributed by atoms with E-state index in [1.165, 1.54) is 30.0 Å². The zero-order chi connectivity index (χ0) is 19.8. The smallest absolute Gasteiger partial charge is 0.339 e. The Labute approximate surface area is 164 Å². The molecule has 1 fully saturated rings. The molecule has 1 aliphatic heterocycles. The first kappa shape index (κ1) is 17.9. The van der Waals surface area contributed by atoms with Crippen LogP contribution < -0.4 is 5.32 Å². The van der Waals surface area contributed by atoms with Gasteiger partial charge in [0.25, 0.3) is 5.91 Å². The first-order valence-electron chi connectivity index (χ1n) is 8.32. The molecule has 1 saturated heterocycles. The molecule has 0 aliphatic carbocycles. The molecule has 0 atom stereocenters. The van der Waals surface area contributed by atoms with Gasteiger partial charge in [-0.25, -0.2) is 9.79 Å². The summed E-state index contributed by atoms with van der Waals surface area (Å²) in [5.74, 6) is -1.86. The fourth-order valence-corrected chi connectivity index (χ4v) is 3.82. The van der Waals surface area contributed by atoms with E-state index in [1.807, 2.05) is 48.2 Å². The second kappa shape index (κ2) is 6.90. The molecule has 1 amide bonds. The van der Waals surface area contributed by atoms with E-state index < -0.39 is 5.97 Å². The SMILES string of the molecule is Cn1cc(/C=C2\SC(=Nc3ccc(O)c(C(=O)O)c3)NC2=O)c2ccccc21. The van der Waals surface area contributed by atoms with Crippen LogP contribution in [0, 0.1) is 0 Å². The molecule has 0 spiro atoms. The van der Waals surface area contributed by atoms with E-state index in [4.69, 9.17) is 5.11 Å². The lowest BCUT2D eigenvalue weighted by molar-refractivity contribution is -0.115. The Morgan fingerprint density at radius 2 is 2.04 bits per heavy atom. The maximum Gasteiger partial charge on any atom is 0.339 e. The zero-order valence-electron chi connectivity index (χ0n) is 14.7. The average Bonchev–Trinajstić information content (AvgIpc) is 3.17. The summed E-state index contributed by atoms with van der Waals surface area (Å²) in [6.45, 7) is 0. The Balaban J connectivity index is 1.65. The molecule has 4 rings (SSSR count). The number of amides is 1. The Hall–Kier alpha value is -3.52. The summed E-state index contributed by atoms with van der Waals surface area (Å²) in [4.78, 5) is 28.2. The van der Waals surface area contributed by atoms with Crippen LogP contribution in [0.3, 0.4) is 0 Å². The molecule has 1 aromatic heterocycles. The number of nitrogens with one attached hydrogen (secondary N) is 1. The summed E-state index contributed by atoms with van der Waals surface area (Å²) in [6, 6.07) is 11.9. The molecule has 0 saturated carbocycles. The number of thioether (sulfide) groups is 1. The molecule has 7 nitrogen and oxygen atoms in total. The molecule has 140 valence electrons. The van der Waals surface area contributed by atoms with E-state index in [1.54, 1.807) is 0 Å². The number of carbonyl (C=O) groups is 2. The van der Waals surface area contributed by atoms with E-state index in [-0.39, 0.29) is 17.2 Å². The summed E-state index contributed by atoms with van der Waals surface area (Å²) < 4.78 is 2.00. The third kappa shape index (κ3) is 3.25. The third-order valence-electron chi connectivity index (χ3n) is 4.31. The third-order valence-corrected chi connectivity index (χ3v) is 5.22. The standard InChI is InChI=1S/C20H15N3O4S/c1-23-10-11(13-4-2-3-5-15(13)23)8-17-18(25)22-20(28-17)21-12-6-7-16(24)14(9-12)19(26)27/h2-10,24H,1H3,(H,26,27)(H,21,22,25)/b17-8-. The van der Waals surface area contributed by atoms with Crippen LogP contribution in [0.4, 0.5) is 5.69 Å². The minimum atomic E-state index is -1.25. The highest BCUT2D eigenvalue weighted by Gasteiger charge is 2.24. The lowest BCUT2D eigenvalue weighted by Crippen LogP contribution is -2.19. The number of aliphatic imine (C=N–C) groups is 1. The van der Waals surface area contributed by atoms with Crippen molar-refractivity contribution in [2.45, 2.75) is 0 Å². The zero-order valence-corrected chi connectivity index (χ0v) is 15.5. The number of hydrogen-bond donors (Lipinski definition) is 3. The minimum absolute atomic E-state index is 0.248. The van der Waals surface area contributed by atoms with Gasteiger partial charge in [0.2, 0.25) is 0 Å². The number of aromatic nitrogens is 1. The van der Waals surface area contributed by atoms with E-state index in [0.717, 1.165) is 16.5 Å². The number of carboxylic acids is 1. The van der Waals surface area contributed by atoms with Crippen molar-refractivity contribution in [3.63, 3.8) is 0 Å². The number of amidine groups is 1. The number of aromatic carboxylic acids is 1. The number of benzene rings is 2. The van der Waals surface area contributed by atoms with E-state index in [9.17, 15) is 14.7 Å². The van der Waals surface area contributed by atoms with Crippen molar-refractivity contribution >= 4 is 51.5 Å². The molecule has 0 radical (unpaired) electrons. The molecular weight excluding hydrogens is 378 g/mol. The number of aryl methyl sites for hydroxylation is 1. The topological polar surface area (TPSA) is 104 Å². The Kier molecular flexibility index (Phi) is 4.40. The summed E-state index contributed by atoms with van der Waals surface area (Å²) >= 11 is 1.18. The Morgan fingerprint density at radius 3 is 2.82 bits per heavy atom. The van der Waals surface area contributed by atoms with Gasteiger partial charge in [-0.15, -0.1) is 0 Å². The van der Waals surface area contributed by atoms with E-state index in [0.29, 0.717) is 15.8 Å². The van der Waals surface area contributed by atoms with Crippen molar-refractivity contribution in [1.29, 1.82) is 0 Å². The van der Waals surface area contributed by atoms with Gasteiger partial charge < -0.3 is 20.1 Å². The van der Waals surface area contributed by atoms with Gasteiger partial charge in [-0.3, -0.25) is 4.79 Å². The van der Waals surface area contributed by atoms with Gasteiger partial charge in [0.05, 0.1) is 10.6 Å². The van der Waals surface area contributed by atoms with Gasteiger partial charge in [-0.05, 0) is 42.1 Å². The average molecular weight is 393 g/mol. The summed E-state index contributed by atoms with van der Waals surface area (Å²) in [7, 11) is 1.95. The van der Waals surface area contributed by atoms with Gasteiger partial charge in [0.1, 0.15) is 11.3 Å². The van der Waals surface area contributed by atoms with Crippen molar-refractivity contribution < 1.29 is 19.8 Å². The highest BCUT2D eigenvalue weighted by atomic mass is 32.2. The van der Waals surface area contributed by atoms with Crippen LogP contribution in [0.15, 0.2) is 58.6 Å². The van der Waals surface area contributed by atoms with Gasteiger partial charge in [-0.1, -0.05) is 18.2 Å². The normalized spacial score (nSPS) is 16.8.